The molecule has 1 saturated carbocycles. The molecule has 0 spiro atoms. The van der Waals surface area contributed by atoms with Crippen LogP contribution in [0.2, 0.25) is 0 Å². The summed E-state index contributed by atoms with van der Waals surface area (Å²) < 4.78 is 0. The number of aliphatic hydroxyl groups excluding tert-OH is 1. The lowest BCUT2D eigenvalue weighted by Gasteiger charge is -2.37. The largest absolute Gasteiger partial charge is 0.393 e. The molecule has 0 amide bonds. The molecule has 2 aliphatic heterocycles. The Morgan fingerprint density at radius 3 is 2.15 bits per heavy atom. The Balaban J connectivity index is 1.67. The zero-order valence-corrected chi connectivity index (χ0v) is 8.15. The topological polar surface area (TPSA) is 23.5 Å². The fourth-order valence-corrected chi connectivity index (χ4v) is 3.14. The van der Waals surface area contributed by atoms with Crippen molar-refractivity contribution in [2.24, 2.45) is 5.92 Å². The highest BCUT2D eigenvalue weighted by Gasteiger charge is 2.41. The normalized spacial score (nSPS) is 45.5. The number of hydrogen-bond donors (Lipinski definition) is 1. The first-order valence-electron chi connectivity index (χ1n) is 5.77. The second-order valence-electron chi connectivity index (χ2n) is 5.15. The van der Waals surface area contributed by atoms with Crippen molar-refractivity contribution < 1.29 is 5.11 Å². The Kier molecular flexibility index (Phi) is 1.88. The molecule has 1 aliphatic carbocycles. The first kappa shape index (κ1) is 8.25. The van der Waals surface area contributed by atoms with E-state index in [9.17, 15) is 5.11 Å². The van der Waals surface area contributed by atoms with Crippen molar-refractivity contribution in [2.45, 2.75) is 56.7 Å². The molecule has 2 atom stereocenters. The predicted molar refractivity (Wildman–Crippen MR) is 51.5 cm³/mol. The second kappa shape index (κ2) is 2.96. The number of piperidine rings is 1. The molecule has 2 heterocycles. The Labute approximate surface area is 79.9 Å². The maximum Gasteiger partial charge on any atom is 0.0570 e. The Morgan fingerprint density at radius 2 is 1.62 bits per heavy atom. The number of hydrogen-bond acceptors (Lipinski definition) is 2. The van der Waals surface area contributed by atoms with Crippen molar-refractivity contribution in [3.8, 4) is 0 Å². The molecule has 1 N–H and O–H groups in total. The van der Waals surface area contributed by atoms with Gasteiger partial charge in [-0.15, -0.1) is 0 Å². The molecule has 13 heavy (non-hydrogen) atoms. The van der Waals surface area contributed by atoms with Gasteiger partial charge in [0.05, 0.1) is 6.10 Å². The summed E-state index contributed by atoms with van der Waals surface area (Å²) in [5, 5.41) is 9.63. The van der Waals surface area contributed by atoms with Gasteiger partial charge in [0.25, 0.3) is 0 Å². The van der Waals surface area contributed by atoms with Crippen LogP contribution in [0.15, 0.2) is 0 Å². The third-order valence-electron chi connectivity index (χ3n) is 4.03. The minimum Gasteiger partial charge on any atom is -0.393 e. The molecule has 3 aliphatic rings. The summed E-state index contributed by atoms with van der Waals surface area (Å²) in [7, 11) is 0. The SMILES string of the molecule is OC1CC2CCC(C1)N2CC1CC1. The van der Waals surface area contributed by atoms with Gasteiger partial charge in [-0.05, 0) is 44.4 Å². The Morgan fingerprint density at radius 1 is 1.00 bits per heavy atom. The first-order valence-corrected chi connectivity index (χ1v) is 5.77. The van der Waals surface area contributed by atoms with Crippen LogP contribution in [0.1, 0.15) is 38.5 Å². The minimum absolute atomic E-state index is 0.00736. The molecule has 2 nitrogen and oxygen atoms in total. The molecule has 3 fully saturated rings. The van der Waals surface area contributed by atoms with Crippen molar-refractivity contribution in [2.75, 3.05) is 6.54 Å². The summed E-state index contributed by atoms with van der Waals surface area (Å²) in [6, 6.07) is 1.46. The zero-order chi connectivity index (χ0) is 8.84. The number of rotatable bonds is 2. The third-order valence-corrected chi connectivity index (χ3v) is 4.03. The van der Waals surface area contributed by atoms with E-state index in [4.69, 9.17) is 0 Å². The van der Waals surface area contributed by atoms with E-state index in [-0.39, 0.29) is 6.10 Å². The standard InChI is InChI=1S/C11H19NO/c13-11-5-9-3-4-10(6-11)12(9)7-8-1-2-8/h8-11,13H,1-7H2. The third kappa shape index (κ3) is 1.50. The van der Waals surface area contributed by atoms with Crippen LogP contribution in [0.25, 0.3) is 0 Å². The van der Waals surface area contributed by atoms with Gasteiger partial charge in [-0.3, -0.25) is 4.90 Å². The van der Waals surface area contributed by atoms with Crippen LogP contribution < -0.4 is 0 Å². The van der Waals surface area contributed by atoms with Crippen LogP contribution in [0.5, 0.6) is 0 Å². The highest BCUT2D eigenvalue weighted by molar-refractivity contribution is 4.96. The van der Waals surface area contributed by atoms with Gasteiger partial charge < -0.3 is 5.11 Å². The lowest BCUT2D eigenvalue weighted by Crippen LogP contribution is -2.45. The maximum absolute atomic E-state index is 9.63. The number of aliphatic hydroxyl groups is 1. The summed E-state index contributed by atoms with van der Waals surface area (Å²) in [5.74, 6) is 1.01. The highest BCUT2D eigenvalue weighted by Crippen LogP contribution is 2.39. The molecule has 2 saturated heterocycles. The van der Waals surface area contributed by atoms with Gasteiger partial charge in [0, 0.05) is 18.6 Å². The van der Waals surface area contributed by atoms with E-state index in [1.165, 1.54) is 32.2 Å². The molecule has 0 aromatic carbocycles. The molecular formula is C11H19NO. The van der Waals surface area contributed by atoms with Gasteiger partial charge in [0.2, 0.25) is 0 Å². The van der Waals surface area contributed by atoms with Gasteiger partial charge in [0.1, 0.15) is 0 Å². The smallest absolute Gasteiger partial charge is 0.0570 e. The molecular weight excluding hydrogens is 162 g/mol. The lowest BCUT2D eigenvalue weighted by atomic mass is 9.99. The lowest BCUT2D eigenvalue weighted by molar-refractivity contribution is 0.0330. The molecule has 0 aromatic heterocycles. The van der Waals surface area contributed by atoms with E-state index >= 15 is 0 Å². The van der Waals surface area contributed by atoms with Crippen LogP contribution in [-0.4, -0.2) is 34.7 Å². The van der Waals surface area contributed by atoms with Gasteiger partial charge in [0.15, 0.2) is 0 Å². The summed E-state index contributed by atoms with van der Waals surface area (Å²) in [6.07, 6.45) is 7.69. The van der Waals surface area contributed by atoms with Crippen LogP contribution in [0.4, 0.5) is 0 Å². The minimum atomic E-state index is 0.00736. The number of nitrogens with zero attached hydrogens (tertiary/aromatic N) is 1. The second-order valence-corrected chi connectivity index (χ2v) is 5.15. The Hall–Kier alpha value is -0.0800. The Bertz CT molecular complexity index is 188. The molecule has 2 heteroatoms. The quantitative estimate of drug-likeness (QED) is 0.695. The molecule has 74 valence electrons. The van der Waals surface area contributed by atoms with E-state index in [1.54, 1.807) is 0 Å². The van der Waals surface area contributed by atoms with Crippen molar-refractivity contribution in [1.82, 2.24) is 4.90 Å². The zero-order valence-electron chi connectivity index (χ0n) is 8.15. The summed E-state index contributed by atoms with van der Waals surface area (Å²) in [4.78, 5) is 2.70. The van der Waals surface area contributed by atoms with Gasteiger partial charge >= 0.3 is 0 Å². The van der Waals surface area contributed by atoms with Crippen LogP contribution in [-0.2, 0) is 0 Å². The molecule has 0 radical (unpaired) electrons. The number of fused-ring (bicyclic) bond motifs is 2. The van der Waals surface area contributed by atoms with Crippen molar-refractivity contribution in [3.05, 3.63) is 0 Å². The van der Waals surface area contributed by atoms with Gasteiger partial charge in [-0.1, -0.05) is 0 Å². The summed E-state index contributed by atoms with van der Waals surface area (Å²) in [5.41, 5.74) is 0. The molecule has 2 bridgehead atoms. The maximum atomic E-state index is 9.63. The molecule has 2 unspecified atom stereocenters. The molecule has 3 rings (SSSR count). The van der Waals surface area contributed by atoms with E-state index in [0.717, 1.165) is 30.8 Å². The highest BCUT2D eigenvalue weighted by atomic mass is 16.3. The predicted octanol–water partition coefficient (Wildman–Crippen LogP) is 1.38. The van der Waals surface area contributed by atoms with Crippen LogP contribution in [0, 0.1) is 5.92 Å². The first-order chi connectivity index (χ1) is 6.33. The average molecular weight is 181 g/mol. The van der Waals surface area contributed by atoms with Crippen LogP contribution >= 0.6 is 0 Å². The van der Waals surface area contributed by atoms with Gasteiger partial charge in [-0.2, -0.15) is 0 Å². The van der Waals surface area contributed by atoms with Crippen molar-refractivity contribution in [1.29, 1.82) is 0 Å². The summed E-state index contributed by atoms with van der Waals surface area (Å²) >= 11 is 0. The fourth-order valence-electron chi connectivity index (χ4n) is 3.14. The van der Waals surface area contributed by atoms with Crippen LogP contribution in [0.3, 0.4) is 0 Å². The van der Waals surface area contributed by atoms with Crippen molar-refractivity contribution in [3.63, 3.8) is 0 Å². The monoisotopic (exact) mass is 181 g/mol. The fraction of sp³-hybridized carbons (Fsp3) is 1.00. The van der Waals surface area contributed by atoms with E-state index < -0.39 is 0 Å². The average Bonchev–Trinajstić information content (AvgIpc) is 2.83. The van der Waals surface area contributed by atoms with E-state index in [1.807, 2.05) is 0 Å². The summed E-state index contributed by atoms with van der Waals surface area (Å²) in [6.45, 7) is 1.34. The van der Waals surface area contributed by atoms with E-state index in [2.05, 4.69) is 4.90 Å². The van der Waals surface area contributed by atoms with E-state index in [0.29, 0.717) is 0 Å². The van der Waals surface area contributed by atoms with Gasteiger partial charge in [-0.25, -0.2) is 0 Å². The van der Waals surface area contributed by atoms with Crippen molar-refractivity contribution >= 4 is 0 Å². The molecule has 0 aromatic rings.